The zero-order chi connectivity index (χ0) is 7.65. The molecule has 0 aromatic carbocycles. The third-order valence-electron chi connectivity index (χ3n) is 0.534. The minimum Gasteiger partial charge on any atom is -0.238 e. The first-order valence-corrected chi connectivity index (χ1v) is 3.41. The molecule has 6 heteroatoms. The summed E-state index contributed by atoms with van der Waals surface area (Å²) in [6.07, 6.45) is -2.29. The second-order valence-corrected chi connectivity index (χ2v) is 4.06. The number of hydrogen-bond donors (Lipinski definition) is 0. The van der Waals surface area contributed by atoms with Crippen LogP contribution in [0.1, 0.15) is 0 Å². The van der Waals surface area contributed by atoms with E-state index < -0.39 is 15.6 Å². The number of halogens is 6. The molecule has 0 fully saturated rings. The summed E-state index contributed by atoms with van der Waals surface area (Å²) in [4.78, 5) is 0. The predicted octanol–water partition coefficient (Wildman–Crippen LogP) is 3.23. The van der Waals surface area contributed by atoms with Gasteiger partial charge in [0.2, 0.25) is 9.42 Å². The normalized spacial score (nSPS) is 19.3. The van der Waals surface area contributed by atoms with Crippen molar-refractivity contribution < 1.29 is 8.78 Å². The predicted molar refractivity (Wildman–Crippen MR) is 35.9 cm³/mol. The molecular weight excluding hydrogens is 216 g/mol. The van der Waals surface area contributed by atoms with E-state index in [0.717, 1.165) is 0 Å². The Morgan fingerprint density at radius 1 is 1.11 bits per heavy atom. The zero-order valence-corrected chi connectivity index (χ0v) is 6.95. The van der Waals surface area contributed by atoms with E-state index in [1.165, 1.54) is 0 Å². The van der Waals surface area contributed by atoms with Crippen LogP contribution in [0.2, 0.25) is 0 Å². The fraction of sp³-hybridized carbons (Fsp3) is 1.00. The van der Waals surface area contributed by atoms with Crippen LogP contribution < -0.4 is 0 Å². The van der Waals surface area contributed by atoms with Gasteiger partial charge in [-0.1, -0.05) is 46.4 Å². The van der Waals surface area contributed by atoms with E-state index >= 15 is 0 Å². The summed E-state index contributed by atoms with van der Waals surface area (Å²) in [5, 5.41) is 0. The van der Waals surface area contributed by atoms with Crippen molar-refractivity contribution in [1.82, 2.24) is 0 Å². The van der Waals surface area contributed by atoms with E-state index in [-0.39, 0.29) is 0 Å². The van der Waals surface area contributed by atoms with Crippen LogP contribution in [0.4, 0.5) is 8.78 Å². The van der Waals surface area contributed by atoms with Crippen LogP contribution in [-0.4, -0.2) is 15.6 Å². The summed E-state index contributed by atoms with van der Waals surface area (Å²) in [7, 11) is 0. The summed E-state index contributed by atoms with van der Waals surface area (Å²) < 4.78 is 21.6. The van der Waals surface area contributed by atoms with Crippen LogP contribution in [0.3, 0.4) is 0 Å². The van der Waals surface area contributed by atoms with Crippen molar-refractivity contribution in [2.75, 3.05) is 0 Å². The number of rotatable bonds is 1. The molecule has 0 aliphatic carbocycles. The Morgan fingerprint density at radius 2 is 1.44 bits per heavy atom. The van der Waals surface area contributed by atoms with Gasteiger partial charge in [-0.3, -0.25) is 0 Å². The molecule has 0 N–H and O–H groups in total. The van der Waals surface area contributed by atoms with E-state index in [9.17, 15) is 8.78 Å². The average Bonchev–Trinajstić information content (AvgIpc) is 1.62. The van der Waals surface area contributed by atoms with Gasteiger partial charge in [-0.05, 0) is 0 Å². The first-order chi connectivity index (χ1) is 3.85. The van der Waals surface area contributed by atoms with Crippen molar-refractivity contribution >= 4 is 46.4 Å². The van der Waals surface area contributed by atoms with Gasteiger partial charge in [0.1, 0.15) is 0 Å². The lowest BCUT2D eigenvalue weighted by molar-refractivity contribution is 0.233. The topological polar surface area (TPSA) is 0 Å². The van der Waals surface area contributed by atoms with E-state index in [0.29, 0.717) is 0 Å². The van der Waals surface area contributed by atoms with E-state index in [2.05, 4.69) is 11.6 Å². The first kappa shape index (κ1) is 10.0. The third-order valence-corrected chi connectivity index (χ3v) is 1.38. The summed E-state index contributed by atoms with van der Waals surface area (Å²) >= 11 is 19.3. The monoisotopic (exact) mass is 216 g/mol. The maximum Gasteiger partial charge on any atom is 0.225 e. The van der Waals surface area contributed by atoms with Gasteiger partial charge in [0.15, 0.2) is 6.17 Å². The molecule has 0 aromatic rings. The lowest BCUT2D eigenvalue weighted by atomic mass is 10.5. The molecule has 0 amide bonds. The Kier molecular flexibility index (Phi) is 3.81. The SMILES string of the molecule is FC(Cl)C(F)C(Cl)(Cl)Cl. The molecule has 0 rings (SSSR count). The highest BCUT2D eigenvalue weighted by molar-refractivity contribution is 6.68. The Labute approximate surface area is 71.0 Å². The molecule has 0 nitrogen and oxygen atoms in total. The molecule has 0 spiro atoms. The van der Waals surface area contributed by atoms with Gasteiger partial charge in [-0.2, -0.15) is 0 Å². The smallest absolute Gasteiger partial charge is 0.225 e. The van der Waals surface area contributed by atoms with Gasteiger partial charge in [0.05, 0.1) is 0 Å². The summed E-state index contributed by atoms with van der Waals surface area (Å²) in [6.45, 7) is 0. The second kappa shape index (κ2) is 3.42. The minimum atomic E-state index is -2.29. The molecule has 0 bridgehead atoms. The maximum atomic E-state index is 12.1. The van der Waals surface area contributed by atoms with E-state index in [4.69, 9.17) is 34.8 Å². The van der Waals surface area contributed by atoms with Gasteiger partial charge < -0.3 is 0 Å². The Balaban J connectivity index is 3.88. The Morgan fingerprint density at radius 3 is 1.44 bits per heavy atom. The van der Waals surface area contributed by atoms with Crippen molar-refractivity contribution in [1.29, 1.82) is 0 Å². The Hall–Kier alpha value is 1.02. The first-order valence-electron chi connectivity index (χ1n) is 1.84. The second-order valence-electron chi connectivity index (χ2n) is 1.28. The van der Waals surface area contributed by atoms with Crippen molar-refractivity contribution in [2.45, 2.75) is 15.6 Å². The van der Waals surface area contributed by atoms with Crippen LogP contribution in [0.25, 0.3) is 0 Å². The van der Waals surface area contributed by atoms with E-state index in [1.807, 2.05) is 0 Å². The minimum absolute atomic E-state index is 2.28. The largest absolute Gasteiger partial charge is 0.238 e. The van der Waals surface area contributed by atoms with Crippen LogP contribution in [0.5, 0.6) is 0 Å². The third kappa shape index (κ3) is 3.66. The highest BCUT2D eigenvalue weighted by Crippen LogP contribution is 2.35. The molecule has 0 aliphatic heterocycles. The lowest BCUT2D eigenvalue weighted by Gasteiger charge is -2.15. The van der Waals surface area contributed by atoms with Crippen LogP contribution in [0, 0.1) is 0 Å². The molecule has 2 unspecified atom stereocenters. The van der Waals surface area contributed by atoms with Crippen molar-refractivity contribution in [3.05, 3.63) is 0 Å². The molecule has 2 atom stereocenters. The molecular formula is C3H2Cl4F2. The van der Waals surface area contributed by atoms with Crippen LogP contribution in [-0.2, 0) is 0 Å². The highest BCUT2D eigenvalue weighted by Gasteiger charge is 2.38. The molecule has 0 saturated heterocycles. The molecule has 0 heterocycles. The summed E-state index contributed by atoms with van der Waals surface area (Å²) in [5.41, 5.74) is -2.28. The number of alkyl halides is 6. The van der Waals surface area contributed by atoms with Gasteiger partial charge in [-0.25, -0.2) is 8.78 Å². The van der Waals surface area contributed by atoms with Gasteiger partial charge in [0, 0.05) is 0 Å². The zero-order valence-electron chi connectivity index (χ0n) is 3.92. The molecule has 0 saturated carbocycles. The summed E-state index contributed by atoms with van der Waals surface area (Å²) in [5.74, 6) is 0. The Bertz CT molecular complexity index is 88.3. The molecule has 0 radical (unpaired) electrons. The molecule has 0 aliphatic rings. The van der Waals surface area contributed by atoms with Crippen molar-refractivity contribution in [2.24, 2.45) is 0 Å². The lowest BCUT2D eigenvalue weighted by Crippen LogP contribution is -2.27. The quantitative estimate of drug-likeness (QED) is 0.592. The average molecular weight is 218 g/mol. The molecule has 9 heavy (non-hydrogen) atoms. The molecule has 56 valence electrons. The van der Waals surface area contributed by atoms with Crippen LogP contribution >= 0.6 is 46.4 Å². The maximum absolute atomic E-state index is 12.1. The summed E-state index contributed by atoms with van der Waals surface area (Å²) in [6, 6.07) is 0. The van der Waals surface area contributed by atoms with Crippen molar-refractivity contribution in [3.63, 3.8) is 0 Å². The van der Waals surface area contributed by atoms with Crippen LogP contribution in [0.15, 0.2) is 0 Å². The number of hydrogen-bond acceptors (Lipinski definition) is 0. The standard InChI is InChI=1S/C3H2Cl4F2/c4-2(9)1(8)3(5,6)7/h1-2H. The van der Waals surface area contributed by atoms with Gasteiger partial charge >= 0.3 is 0 Å². The fourth-order valence-corrected chi connectivity index (χ4v) is 0.857. The highest BCUT2D eigenvalue weighted by atomic mass is 35.6. The van der Waals surface area contributed by atoms with E-state index in [1.54, 1.807) is 0 Å². The molecule has 0 aromatic heterocycles. The van der Waals surface area contributed by atoms with Crippen molar-refractivity contribution in [3.8, 4) is 0 Å². The van der Waals surface area contributed by atoms with Gasteiger partial charge in [-0.15, -0.1) is 0 Å². The van der Waals surface area contributed by atoms with Gasteiger partial charge in [0.25, 0.3) is 0 Å². The fourth-order valence-electron chi connectivity index (χ4n) is 0.143.